The summed E-state index contributed by atoms with van der Waals surface area (Å²) >= 11 is 0. The Morgan fingerprint density at radius 2 is 1.79 bits per heavy atom. The molecule has 2 aromatic carbocycles. The number of fused-ring (bicyclic) bond motifs is 1. The lowest BCUT2D eigenvalue weighted by atomic mass is 9.95. The zero-order valence-corrected chi connectivity index (χ0v) is 17.2. The van der Waals surface area contributed by atoms with Crippen molar-refractivity contribution < 1.29 is 9.53 Å². The van der Waals surface area contributed by atoms with Gasteiger partial charge in [0.25, 0.3) is 5.91 Å². The molecule has 5 heteroatoms. The zero-order valence-electron chi connectivity index (χ0n) is 17.2. The Labute approximate surface area is 171 Å². The molecule has 0 saturated heterocycles. The summed E-state index contributed by atoms with van der Waals surface area (Å²) in [6.45, 7) is 5.03. The maximum atomic E-state index is 13.2. The molecule has 1 aliphatic heterocycles. The molecule has 1 N–H and O–H groups in total. The number of methoxy groups -OCH3 is 1. The van der Waals surface area contributed by atoms with Crippen molar-refractivity contribution in [1.29, 1.82) is 0 Å². The monoisotopic (exact) mass is 389 g/mol. The van der Waals surface area contributed by atoms with Gasteiger partial charge in [-0.25, -0.2) is 0 Å². The Morgan fingerprint density at radius 1 is 1.07 bits per heavy atom. The summed E-state index contributed by atoms with van der Waals surface area (Å²) in [7, 11) is 1.65. The summed E-state index contributed by atoms with van der Waals surface area (Å²) in [5.74, 6) is 0.832. The van der Waals surface area contributed by atoms with Crippen molar-refractivity contribution in [3.8, 4) is 17.0 Å². The van der Waals surface area contributed by atoms with Crippen molar-refractivity contribution in [2.24, 2.45) is 0 Å². The molecule has 0 radical (unpaired) electrons. The molecule has 150 valence electrons. The van der Waals surface area contributed by atoms with Crippen LogP contribution in [0.25, 0.3) is 11.3 Å². The van der Waals surface area contributed by atoms with Crippen LogP contribution in [0.3, 0.4) is 0 Å². The molecule has 29 heavy (non-hydrogen) atoms. The maximum absolute atomic E-state index is 13.2. The maximum Gasteiger partial charge on any atom is 0.273 e. The molecule has 5 nitrogen and oxygen atoms in total. The van der Waals surface area contributed by atoms with Gasteiger partial charge in [-0.15, -0.1) is 0 Å². The van der Waals surface area contributed by atoms with Gasteiger partial charge in [0.05, 0.1) is 18.8 Å². The minimum Gasteiger partial charge on any atom is -0.497 e. The Bertz CT molecular complexity index is 990. The number of aromatic amines is 1. The van der Waals surface area contributed by atoms with E-state index in [1.165, 1.54) is 5.56 Å². The second-order valence-electron chi connectivity index (χ2n) is 7.44. The van der Waals surface area contributed by atoms with Crippen molar-refractivity contribution in [2.75, 3.05) is 13.7 Å². The number of carbonyl (C=O) groups excluding carboxylic acids is 1. The van der Waals surface area contributed by atoms with Gasteiger partial charge in [0.15, 0.2) is 0 Å². The molecule has 3 aromatic rings. The highest BCUT2D eigenvalue weighted by Crippen LogP contribution is 2.43. The topological polar surface area (TPSA) is 58.2 Å². The minimum atomic E-state index is -0.120. The van der Waals surface area contributed by atoms with Gasteiger partial charge in [0, 0.05) is 17.7 Å². The normalized spacial score (nSPS) is 15.6. The number of benzene rings is 2. The summed E-state index contributed by atoms with van der Waals surface area (Å²) in [5.41, 5.74) is 5.81. The van der Waals surface area contributed by atoms with Crippen LogP contribution in [0.4, 0.5) is 0 Å². The lowest BCUT2D eigenvalue weighted by molar-refractivity contribution is 0.0741. The Hall–Kier alpha value is -3.08. The quantitative estimate of drug-likeness (QED) is 0.619. The summed E-state index contributed by atoms with van der Waals surface area (Å²) in [5, 5.41) is 7.54. The highest BCUT2D eigenvalue weighted by atomic mass is 16.5. The van der Waals surface area contributed by atoms with E-state index < -0.39 is 0 Å². The lowest BCUT2D eigenvalue weighted by Crippen LogP contribution is -2.30. The number of amides is 1. The smallest absolute Gasteiger partial charge is 0.273 e. The number of rotatable bonds is 7. The van der Waals surface area contributed by atoms with Crippen LogP contribution in [0.1, 0.15) is 59.9 Å². The molecule has 1 aliphatic rings. The number of hydrogen-bond donors (Lipinski definition) is 1. The summed E-state index contributed by atoms with van der Waals surface area (Å²) < 4.78 is 5.28. The molecule has 4 rings (SSSR count). The highest BCUT2D eigenvalue weighted by Gasteiger charge is 2.41. The third-order valence-electron chi connectivity index (χ3n) is 5.68. The second-order valence-corrected chi connectivity index (χ2v) is 7.44. The van der Waals surface area contributed by atoms with Crippen LogP contribution in [-0.2, 0) is 6.42 Å². The van der Waals surface area contributed by atoms with Gasteiger partial charge < -0.3 is 9.64 Å². The van der Waals surface area contributed by atoms with E-state index in [-0.39, 0.29) is 11.9 Å². The number of aryl methyl sites for hydroxylation is 1. The average Bonchev–Trinajstić information content (AvgIpc) is 3.31. The van der Waals surface area contributed by atoms with Crippen molar-refractivity contribution >= 4 is 5.91 Å². The fourth-order valence-corrected chi connectivity index (χ4v) is 4.01. The summed E-state index contributed by atoms with van der Waals surface area (Å²) in [6, 6.07) is 16.3. The van der Waals surface area contributed by atoms with Gasteiger partial charge >= 0.3 is 0 Å². The molecule has 0 saturated carbocycles. The molecule has 0 bridgehead atoms. The van der Waals surface area contributed by atoms with E-state index in [1.807, 2.05) is 29.2 Å². The van der Waals surface area contributed by atoms with Crippen LogP contribution in [0.15, 0.2) is 48.5 Å². The lowest BCUT2D eigenvalue weighted by Gasteiger charge is -2.26. The van der Waals surface area contributed by atoms with Gasteiger partial charge in [0.2, 0.25) is 0 Å². The Morgan fingerprint density at radius 3 is 2.41 bits per heavy atom. The number of carbonyl (C=O) groups is 1. The molecule has 1 unspecified atom stereocenters. The third-order valence-corrected chi connectivity index (χ3v) is 5.68. The molecular formula is C24H27N3O2. The first-order valence-corrected chi connectivity index (χ1v) is 10.3. The number of aromatic nitrogens is 2. The van der Waals surface area contributed by atoms with Crippen LogP contribution in [-0.4, -0.2) is 34.7 Å². The Balaban J connectivity index is 1.81. The number of nitrogens with one attached hydrogen (secondary N) is 1. The molecule has 0 fully saturated rings. The molecule has 1 atom stereocenters. The molecule has 1 aromatic heterocycles. The van der Waals surface area contributed by atoms with Gasteiger partial charge in [-0.1, -0.05) is 44.5 Å². The van der Waals surface area contributed by atoms with Gasteiger partial charge in [-0.05, 0) is 48.2 Å². The second kappa shape index (κ2) is 8.11. The van der Waals surface area contributed by atoms with Gasteiger partial charge in [0.1, 0.15) is 11.4 Å². The first-order chi connectivity index (χ1) is 14.2. The van der Waals surface area contributed by atoms with E-state index in [0.717, 1.165) is 53.9 Å². The van der Waals surface area contributed by atoms with Crippen molar-refractivity contribution in [3.63, 3.8) is 0 Å². The molecule has 0 spiro atoms. The van der Waals surface area contributed by atoms with E-state index in [4.69, 9.17) is 4.74 Å². The molecule has 1 amide bonds. The first-order valence-electron chi connectivity index (χ1n) is 10.3. The van der Waals surface area contributed by atoms with Crippen molar-refractivity contribution in [2.45, 2.75) is 39.2 Å². The summed E-state index contributed by atoms with van der Waals surface area (Å²) in [4.78, 5) is 15.2. The van der Waals surface area contributed by atoms with Crippen LogP contribution in [0.5, 0.6) is 5.75 Å². The number of ether oxygens (including phenoxy) is 1. The van der Waals surface area contributed by atoms with Crippen molar-refractivity contribution in [3.05, 3.63) is 70.9 Å². The highest BCUT2D eigenvalue weighted by molar-refractivity contribution is 6.00. The standard InChI is InChI=1S/C24H27N3O2/c1-4-6-15-27-23(18-9-7-16(5-2)8-10-18)20-21(25-26-22(20)24(27)28)17-11-13-19(29-3)14-12-17/h7-14,23H,4-6,15H2,1-3H3,(H,25,26). The zero-order chi connectivity index (χ0) is 20.4. The van der Waals surface area contributed by atoms with Crippen LogP contribution in [0.2, 0.25) is 0 Å². The fourth-order valence-electron chi connectivity index (χ4n) is 4.01. The number of hydrogen-bond acceptors (Lipinski definition) is 3. The number of nitrogens with zero attached hydrogens (tertiary/aromatic N) is 2. The minimum absolute atomic E-state index is 0.0327. The largest absolute Gasteiger partial charge is 0.497 e. The van der Waals surface area contributed by atoms with Crippen LogP contribution < -0.4 is 4.74 Å². The average molecular weight is 389 g/mol. The van der Waals surface area contributed by atoms with E-state index in [9.17, 15) is 4.79 Å². The van der Waals surface area contributed by atoms with E-state index in [1.54, 1.807) is 7.11 Å². The van der Waals surface area contributed by atoms with Gasteiger partial charge in [-0.3, -0.25) is 9.89 Å². The number of unbranched alkanes of at least 4 members (excludes halogenated alkanes) is 1. The van der Waals surface area contributed by atoms with E-state index in [2.05, 4.69) is 48.3 Å². The van der Waals surface area contributed by atoms with Gasteiger partial charge in [-0.2, -0.15) is 5.10 Å². The summed E-state index contributed by atoms with van der Waals surface area (Å²) in [6.07, 6.45) is 3.02. The SMILES string of the molecule is CCCCN1C(=O)c2[nH]nc(-c3ccc(OC)cc3)c2C1c1ccc(CC)cc1. The molecular weight excluding hydrogens is 362 g/mol. The Kier molecular flexibility index (Phi) is 5.38. The van der Waals surface area contributed by atoms with E-state index in [0.29, 0.717) is 5.69 Å². The third kappa shape index (κ3) is 3.41. The number of H-pyrrole nitrogens is 1. The van der Waals surface area contributed by atoms with Crippen LogP contribution >= 0.6 is 0 Å². The van der Waals surface area contributed by atoms with Crippen molar-refractivity contribution in [1.82, 2.24) is 15.1 Å². The van der Waals surface area contributed by atoms with Crippen LogP contribution in [0, 0.1) is 0 Å². The first kappa shape index (κ1) is 19.2. The molecule has 0 aliphatic carbocycles. The fraction of sp³-hybridized carbons (Fsp3) is 0.333. The predicted molar refractivity (Wildman–Crippen MR) is 114 cm³/mol. The molecule has 2 heterocycles. The predicted octanol–water partition coefficient (Wildman–Crippen LogP) is 4.99. The van der Waals surface area contributed by atoms with E-state index >= 15 is 0 Å².